The van der Waals surface area contributed by atoms with Crippen LogP contribution >= 0.6 is 0 Å². The van der Waals surface area contributed by atoms with Crippen molar-refractivity contribution in [3.05, 3.63) is 29.8 Å². The van der Waals surface area contributed by atoms with Gasteiger partial charge in [0.15, 0.2) is 6.61 Å². The number of piperidine rings is 2. The smallest absolute Gasteiger partial charge is 0.409 e. The van der Waals surface area contributed by atoms with Crippen molar-refractivity contribution in [2.45, 2.75) is 52.0 Å². The van der Waals surface area contributed by atoms with E-state index < -0.39 is 0 Å². The molecule has 4 rings (SSSR count). The highest BCUT2D eigenvalue weighted by Crippen LogP contribution is 2.59. The predicted octanol–water partition coefficient (Wildman–Crippen LogP) is 2.74. The lowest BCUT2D eigenvalue weighted by Gasteiger charge is -2.34. The first-order valence-corrected chi connectivity index (χ1v) is 12.1. The number of nitrogens with one attached hydrogen (secondary N) is 1. The summed E-state index contributed by atoms with van der Waals surface area (Å²) in [4.78, 5) is 40.8. The first kappa shape index (κ1) is 23.4. The molecule has 1 N–H and O–H groups in total. The van der Waals surface area contributed by atoms with E-state index in [2.05, 4.69) is 5.32 Å². The van der Waals surface area contributed by atoms with Gasteiger partial charge in [-0.3, -0.25) is 9.59 Å². The van der Waals surface area contributed by atoms with Gasteiger partial charge in [-0.15, -0.1) is 0 Å². The van der Waals surface area contributed by atoms with E-state index in [-0.39, 0.29) is 41.9 Å². The van der Waals surface area contributed by atoms with Gasteiger partial charge in [-0.05, 0) is 63.5 Å². The summed E-state index contributed by atoms with van der Waals surface area (Å²) >= 11 is 0. The minimum absolute atomic E-state index is 0.000404. The van der Waals surface area contributed by atoms with Crippen molar-refractivity contribution in [2.24, 2.45) is 11.3 Å². The molecule has 1 aliphatic carbocycles. The number of rotatable bonds is 6. The molecule has 180 valence electrons. The number of carbonyl (C=O) groups is 3. The van der Waals surface area contributed by atoms with E-state index >= 15 is 0 Å². The molecule has 1 atom stereocenters. The Kier molecular flexibility index (Phi) is 7.10. The summed E-state index contributed by atoms with van der Waals surface area (Å²) in [6, 6.07) is 7.80. The van der Waals surface area contributed by atoms with Gasteiger partial charge in [0.25, 0.3) is 5.91 Å². The molecule has 33 heavy (non-hydrogen) atoms. The highest BCUT2D eigenvalue weighted by atomic mass is 16.6. The normalized spacial score (nSPS) is 22.1. The molecule has 3 fully saturated rings. The van der Waals surface area contributed by atoms with Crippen LogP contribution in [0.5, 0.6) is 5.75 Å². The van der Waals surface area contributed by atoms with E-state index in [1.54, 1.807) is 11.8 Å². The molecule has 0 aromatic heterocycles. The van der Waals surface area contributed by atoms with Gasteiger partial charge in [0, 0.05) is 38.1 Å². The first-order chi connectivity index (χ1) is 15.9. The summed E-state index contributed by atoms with van der Waals surface area (Å²) < 4.78 is 10.7. The fourth-order valence-electron chi connectivity index (χ4n) is 5.07. The van der Waals surface area contributed by atoms with Gasteiger partial charge in [0.2, 0.25) is 5.91 Å². The van der Waals surface area contributed by atoms with Crippen LogP contribution in [0, 0.1) is 18.3 Å². The van der Waals surface area contributed by atoms with Gasteiger partial charge >= 0.3 is 6.09 Å². The van der Waals surface area contributed by atoms with Crippen LogP contribution in [-0.2, 0) is 14.3 Å². The molecule has 8 heteroatoms. The average Bonchev–Trinajstić information content (AvgIpc) is 3.53. The molecule has 2 heterocycles. The van der Waals surface area contributed by atoms with Crippen molar-refractivity contribution in [3.63, 3.8) is 0 Å². The molecule has 0 radical (unpaired) electrons. The molecule has 3 amide bonds. The van der Waals surface area contributed by atoms with Gasteiger partial charge in [-0.2, -0.15) is 0 Å². The molecule has 0 bridgehead atoms. The van der Waals surface area contributed by atoms with Gasteiger partial charge in [0.1, 0.15) is 5.75 Å². The third-order valence-electron chi connectivity index (χ3n) is 7.37. The second-order valence-electron chi connectivity index (χ2n) is 9.57. The Labute approximate surface area is 195 Å². The van der Waals surface area contributed by atoms with Crippen molar-refractivity contribution in [2.75, 3.05) is 39.4 Å². The molecule has 3 aliphatic rings. The molecule has 8 nitrogen and oxygen atoms in total. The van der Waals surface area contributed by atoms with Crippen LogP contribution in [0.4, 0.5) is 4.79 Å². The summed E-state index contributed by atoms with van der Waals surface area (Å²) in [5.74, 6) is 0.878. The summed E-state index contributed by atoms with van der Waals surface area (Å²) in [6.07, 6.45) is 3.88. The third-order valence-corrected chi connectivity index (χ3v) is 7.37. The van der Waals surface area contributed by atoms with Crippen LogP contribution in [0.1, 0.15) is 44.6 Å². The molecule has 2 aliphatic heterocycles. The number of hydrogen-bond donors (Lipinski definition) is 1. The van der Waals surface area contributed by atoms with Crippen LogP contribution in [0.2, 0.25) is 0 Å². The number of likely N-dealkylation sites (tertiary alicyclic amines) is 2. The summed E-state index contributed by atoms with van der Waals surface area (Å²) in [5.41, 5.74) is 1.20. The Hall–Kier alpha value is -2.77. The Morgan fingerprint density at radius 3 is 2.33 bits per heavy atom. The largest absolute Gasteiger partial charge is 0.484 e. The number of ether oxygens (including phenoxy) is 2. The number of hydrogen-bond acceptors (Lipinski definition) is 5. The molecule has 1 saturated carbocycles. The van der Waals surface area contributed by atoms with Crippen molar-refractivity contribution < 1.29 is 23.9 Å². The average molecular weight is 458 g/mol. The lowest BCUT2D eigenvalue weighted by atomic mass is 9.90. The van der Waals surface area contributed by atoms with Gasteiger partial charge in [-0.1, -0.05) is 17.7 Å². The number of aryl methyl sites for hydroxylation is 1. The molecule has 2 saturated heterocycles. The van der Waals surface area contributed by atoms with E-state index in [1.165, 1.54) is 0 Å². The number of carbonyl (C=O) groups excluding carboxylic acids is 3. The Morgan fingerprint density at radius 2 is 1.70 bits per heavy atom. The van der Waals surface area contributed by atoms with E-state index in [4.69, 9.17) is 9.47 Å². The van der Waals surface area contributed by atoms with E-state index in [9.17, 15) is 14.4 Å². The summed E-state index contributed by atoms with van der Waals surface area (Å²) in [5, 5.41) is 3.20. The number of nitrogens with zero attached hydrogens (tertiary/aromatic N) is 2. The van der Waals surface area contributed by atoms with Gasteiger partial charge in [0.05, 0.1) is 6.61 Å². The summed E-state index contributed by atoms with van der Waals surface area (Å²) in [6.45, 7) is 6.82. The van der Waals surface area contributed by atoms with Gasteiger partial charge in [-0.25, -0.2) is 4.79 Å². The zero-order chi connectivity index (χ0) is 23.4. The molecule has 1 aromatic carbocycles. The molecule has 1 aromatic rings. The molecular weight excluding hydrogens is 422 g/mol. The minimum Gasteiger partial charge on any atom is -0.484 e. The number of amides is 3. The van der Waals surface area contributed by atoms with Crippen LogP contribution in [0.15, 0.2) is 24.3 Å². The van der Waals surface area contributed by atoms with Crippen molar-refractivity contribution in [3.8, 4) is 5.75 Å². The minimum atomic E-state index is -0.269. The highest BCUT2D eigenvalue weighted by Gasteiger charge is 2.58. The lowest BCUT2D eigenvalue weighted by Crippen LogP contribution is -2.47. The second-order valence-corrected chi connectivity index (χ2v) is 9.57. The first-order valence-electron chi connectivity index (χ1n) is 12.1. The summed E-state index contributed by atoms with van der Waals surface area (Å²) in [7, 11) is 0. The number of benzene rings is 1. The molecule has 1 unspecified atom stereocenters. The maximum absolute atomic E-state index is 12.8. The topological polar surface area (TPSA) is 88.2 Å². The standard InChI is InChI=1S/C25H35N3O5/c1-3-32-24(31)28-12-8-19(9-13-28)26-23(30)21-16-25(21)10-14-27(15-11-25)22(29)17-33-20-6-4-18(2)5-7-20/h4-7,19,21H,3,8-17H2,1-2H3,(H,26,30). The van der Waals surface area contributed by atoms with E-state index in [0.717, 1.165) is 37.7 Å². The van der Waals surface area contributed by atoms with Crippen LogP contribution in [0.25, 0.3) is 0 Å². The SMILES string of the molecule is CCOC(=O)N1CCC(NC(=O)C2CC23CCN(C(=O)COc2ccc(C)cc2)CC3)CC1. The maximum atomic E-state index is 12.8. The van der Waals surface area contributed by atoms with Gasteiger partial charge < -0.3 is 24.6 Å². The highest BCUT2D eigenvalue weighted by molar-refractivity contribution is 5.83. The zero-order valence-corrected chi connectivity index (χ0v) is 19.7. The second kappa shape index (κ2) is 10.0. The Balaban J connectivity index is 1.17. The van der Waals surface area contributed by atoms with Crippen molar-refractivity contribution >= 4 is 17.9 Å². The van der Waals surface area contributed by atoms with E-state index in [1.807, 2.05) is 36.1 Å². The fraction of sp³-hybridized carbons (Fsp3) is 0.640. The van der Waals surface area contributed by atoms with Crippen LogP contribution in [-0.4, -0.2) is 73.1 Å². The van der Waals surface area contributed by atoms with Crippen molar-refractivity contribution in [1.82, 2.24) is 15.1 Å². The Morgan fingerprint density at radius 1 is 1.03 bits per heavy atom. The predicted molar refractivity (Wildman–Crippen MR) is 123 cm³/mol. The van der Waals surface area contributed by atoms with E-state index in [0.29, 0.717) is 38.5 Å². The van der Waals surface area contributed by atoms with Crippen LogP contribution < -0.4 is 10.1 Å². The Bertz CT molecular complexity index is 855. The van der Waals surface area contributed by atoms with Crippen LogP contribution in [0.3, 0.4) is 0 Å². The quantitative estimate of drug-likeness (QED) is 0.710. The fourth-order valence-corrected chi connectivity index (χ4v) is 5.07. The zero-order valence-electron chi connectivity index (χ0n) is 19.7. The van der Waals surface area contributed by atoms with Crippen molar-refractivity contribution in [1.29, 1.82) is 0 Å². The lowest BCUT2D eigenvalue weighted by molar-refractivity contribution is -0.135. The third kappa shape index (κ3) is 5.60. The molecular formula is C25H35N3O5. The monoisotopic (exact) mass is 457 g/mol. The molecule has 1 spiro atoms. The maximum Gasteiger partial charge on any atom is 0.409 e.